The van der Waals surface area contributed by atoms with Gasteiger partial charge < -0.3 is 14.7 Å². The number of hydroxylamine groups is 1. The van der Waals surface area contributed by atoms with E-state index < -0.39 is 42.2 Å². The molecule has 15 nitrogen and oxygen atoms in total. The summed E-state index contributed by atoms with van der Waals surface area (Å²) in [5.74, 6) is 0.0142. The number of anilines is 1. The molecule has 186 valence electrons. The number of likely N-dealkylation sites (N-methyl/N-ethyl adjacent to an activating group) is 1. The van der Waals surface area contributed by atoms with Crippen molar-refractivity contribution in [1.82, 2.24) is 30.7 Å². The van der Waals surface area contributed by atoms with E-state index in [9.17, 15) is 19.2 Å². The van der Waals surface area contributed by atoms with Crippen molar-refractivity contribution < 1.29 is 33.1 Å². The summed E-state index contributed by atoms with van der Waals surface area (Å²) >= 11 is 0. The van der Waals surface area contributed by atoms with Gasteiger partial charge in [0.15, 0.2) is 12.2 Å². The van der Waals surface area contributed by atoms with E-state index in [0.29, 0.717) is 17.1 Å². The number of rotatable bonds is 6. The van der Waals surface area contributed by atoms with Crippen LogP contribution in [0, 0.1) is 6.92 Å². The molecule has 2 saturated heterocycles. The molecule has 5 heterocycles. The van der Waals surface area contributed by atoms with Crippen molar-refractivity contribution in [3.8, 4) is 0 Å². The normalized spacial score (nSPS) is 22.0. The first-order valence-electron chi connectivity index (χ1n) is 10.9. The number of hydrogen-bond acceptors (Lipinski definition) is 10. The summed E-state index contributed by atoms with van der Waals surface area (Å²) in [5.41, 5.74) is 3.33. The number of fused-ring (bicyclic) bond motifs is 1. The fourth-order valence-corrected chi connectivity index (χ4v) is 4.02. The maximum absolute atomic E-state index is 13.4. The largest absolute Gasteiger partial charge is 0.427 e. The van der Waals surface area contributed by atoms with Crippen LogP contribution in [0.4, 0.5) is 15.4 Å². The molecule has 3 aliphatic heterocycles. The summed E-state index contributed by atoms with van der Waals surface area (Å²) in [4.78, 5) is 66.1. The van der Waals surface area contributed by atoms with Gasteiger partial charge in [0.25, 0.3) is 30.0 Å². The Morgan fingerprint density at radius 3 is 2.81 bits per heavy atom. The minimum atomic E-state index is -0.976. The predicted octanol–water partition coefficient (Wildman–Crippen LogP) is -0.136. The Morgan fingerprint density at radius 2 is 2.11 bits per heavy atom. The van der Waals surface area contributed by atoms with Crippen molar-refractivity contribution in [2.75, 3.05) is 12.4 Å². The van der Waals surface area contributed by atoms with Crippen molar-refractivity contribution in [1.29, 1.82) is 0 Å². The molecule has 2 aromatic heterocycles. The molecule has 0 bridgehead atoms. The minimum absolute atomic E-state index is 0.0797. The number of carbonyl (C=O) groups excluding carboxylic acids is 4. The van der Waals surface area contributed by atoms with E-state index in [2.05, 4.69) is 36.1 Å². The second kappa shape index (κ2) is 8.84. The third-order valence-electron chi connectivity index (χ3n) is 5.90. The number of nitrogens with one attached hydrogen (secondary N) is 3. The number of urea groups is 1. The zero-order valence-corrected chi connectivity index (χ0v) is 19.5. The Kier molecular flexibility index (Phi) is 5.68. The molecule has 3 atom stereocenters. The summed E-state index contributed by atoms with van der Waals surface area (Å²) in [6, 6.07) is 4.15. The molecule has 0 spiro atoms. The lowest BCUT2D eigenvalue weighted by Gasteiger charge is -2.33. The lowest BCUT2D eigenvalue weighted by molar-refractivity contribution is -0.551. The average Bonchev–Trinajstić information content (AvgIpc) is 3.60. The van der Waals surface area contributed by atoms with Crippen molar-refractivity contribution >= 4 is 41.9 Å². The van der Waals surface area contributed by atoms with E-state index in [0.717, 1.165) is 4.90 Å². The number of aliphatic imine (C=N–C) groups is 1. The van der Waals surface area contributed by atoms with Gasteiger partial charge in [-0.3, -0.25) is 24.7 Å². The van der Waals surface area contributed by atoms with Crippen molar-refractivity contribution in [3.63, 3.8) is 0 Å². The molecule has 5 rings (SSSR count). The Labute approximate surface area is 203 Å². The van der Waals surface area contributed by atoms with E-state index in [1.165, 1.54) is 22.9 Å². The molecule has 0 aromatic carbocycles. The molecule has 5 amide bonds. The summed E-state index contributed by atoms with van der Waals surface area (Å²) in [5, 5.41) is 9.09. The maximum Gasteiger partial charge on any atom is 0.427 e. The molecule has 2 unspecified atom stereocenters. The number of pyridine rings is 1. The second-order valence-corrected chi connectivity index (χ2v) is 8.35. The highest BCUT2D eigenvalue weighted by Gasteiger charge is 2.53. The SMILES string of the molecule is Cc1cc(CN2C(=O)C3C(=NC=[N+]3[C@@H](C)C(=O)Nc3cccc(C4NOC(=O)N4)n3)N(C)C2=O)no1. The molecular weight excluding hydrogens is 474 g/mol. The van der Waals surface area contributed by atoms with Crippen LogP contribution in [-0.2, 0) is 21.0 Å². The number of imide groups is 1. The fraction of sp³-hybridized carbons (Fsp3) is 0.333. The van der Waals surface area contributed by atoms with Crippen molar-refractivity contribution in [3.05, 3.63) is 41.4 Å². The Hall–Kier alpha value is -4.66. The van der Waals surface area contributed by atoms with Gasteiger partial charge in [-0.15, -0.1) is 5.48 Å². The summed E-state index contributed by atoms with van der Waals surface area (Å²) in [7, 11) is 1.51. The number of aromatic nitrogens is 2. The van der Waals surface area contributed by atoms with Crippen LogP contribution in [0.25, 0.3) is 0 Å². The van der Waals surface area contributed by atoms with Gasteiger partial charge in [0.1, 0.15) is 17.3 Å². The van der Waals surface area contributed by atoms with Crippen LogP contribution >= 0.6 is 0 Å². The number of amidine groups is 1. The monoisotopic (exact) mass is 496 g/mol. The highest BCUT2D eigenvalue weighted by molar-refractivity contribution is 6.21. The summed E-state index contributed by atoms with van der Waals surface area (Å²) in [6.07, 6.45) is 0.0649. The number of nitrogens with zero attached hydrogens (tertiary/aromatic N) is 6. The van der Waals surface area contributed by atoms with Crippen LogP contribution in [0.1, 0.15) is 30.2 Å². The van der Waals surface area contributed by atoms with Gasteiger partial charge in [-0.25, -0.2) is 19.1 Å². The number of carbonyl (C=O) groups is 4. The Morgan fingerprint density at radius 1 is 1.31 bits per heavy atom. The van der Waals surface area contributed by atoms with E-state index in [1.807, 2.05) is 0 Å². The summed E-state index contributed by atoms with van der Waals surface area (Å²) in [6.45, 7) is 3.24. The number of hydrogen-bond donors (Lipinski definition) is 3. The van der Waals surface area contributed by atoms with Crippen LogP contribution < -0.4 is 16.1 Å². The summed E-state index contributed by atoms with van der Waals surface area (Å²) < 4.78 is 6.52. The first-order valence-corrected chi connectivity index (χ1v) is 10.9. The smallest absolute Gasteiger partial charge is 0.361 e. The van der Waals surface area contributed by atoms with Gasteiger partial charge in [0.05, 0.1) is 12.2 Å². The highest BCUT2D eigenvalue weighted by Crippen LogP contribution is 2.22. The average molecular weight is 496 g/mol. The van der Waals surface area contributed by atoms with Gasteiger partial charge in [-0.2, -0.15) is 0 Å². The first-order chi connectivity index (χ1) is 17.2. The molecule has 0 radical (unpaired) electrons. The van der Waals surface area contributed by atoms with Crippen molar-refractivity contribution in [2.45, 2.75) is 38.6 Å². The molecule has 0 saturated carbocycles. The third kappa shape index (κ3) is 4.04. The lowest BCUT2D eigenvalue weighted by atomic mass is 10.1. The topological polar surface area (TPSA) is 174 Å². The van der Waals surface area contributed by atoms with Crippen LogP contribution in [0.15, 0.2) is 33.8 Å². The van der Waals surface area contributed by atoms with Crippen LogP contribution in [-0.4, -0.2) is 79.8 Å². The van der Waals surface area contributed by atoms with E-state index in [1.54, 1.807) is 38.1 Å². The Bertz CT molecular complexity index is 1330. The quantitative estimate of drug-likeness (QED) is 0.460. The first kappa shape index (κ1) is 23.1. The molecule has 2 aromatic rings. The van der Waals surface area contributed by atoms with Gasteiger partial charge in [0, 0.05) is 13.1 Å². The standard InChI is InChI=1S/C21H21N9O6/c1-10-7-12(26-35-10)8-29-19(32)15-17(28(3)21(29)34)22-9-30(15)11(2)18(31)24-14-6-4-5-13(23-14)16-25-20(33)36-27-16/h4-7,9,11,15-16,27H,8H2,1-3H3,(H-,23,24,25,31,33)/p+1/t11-,15?,16?/m0/s1. The molecule has 15 heteroatoms. The van der Waals surface area contributed by atoms with E-state index in [-0.39, 0.29) is 18.2 Å². The predicted molar refractivity (Wildman–Crippen MR) is 120 cm³/mol. The second-order valence-electron chi connectivity index (χ2n) is 8.35. The molecule has 2 fully saturated rings. The number of amides is 5. The molecular formula is C21H22N9O6+. The highest BCUT2D eigenvalue weighted by atomic mass is 16.7. The zero-order chi connectivity index (χ0) is 25.6. The van der Waals surface area contributed by atoms with Gasteiger partial charge in [-0.1, -0.05) is 11.2 Å². The molecule has 3 aliphatic rings. The van der Waals surface area contributed by atoms with Gasteiger partial charge in [0.2, 0.25) is 0 Å². The van der Waals surface area contributed by atoms with Crippen LogP contribution in [0.5, 0.6) is 0 Å². The van der Waals surface area contributed by atoms with Gasteiger partial charge in [-0.05, 0) is 31.0 Å². The number of aryl methyl sites for hydroxylation is 1. The molecule has 3 N–H and O–H groups in total. The molecule has 36 heavy (non-hydrogen) atoms. The maximum atomic E-state index is 13.4. The fourth-order valence-electron chi connectivity index (χ4n) is 4.02. The van der Waals surface area contributed by atoms with Crippen LogP contribution in [0.2, 0.25) is 0 Å². The minimum Gasteiger partial charge on any atom is -0.361 e. The van der Waals surface area contributed by atoms with E-state index in [4.69, 9.17) is 4.52 Å². The van der Waals surface area contributed by atoms with Gasteiger partial charge >= 0.3 is 12.1 Å². The zero-order valence-electron chi connectivity index (χ0n) is 19.5. The van der Waals surface area contributed by atoms with Crippen LogP contribution in [0.3, 0.4) is 0 Å². The molecule has 0 aliphatic carbocycles. The lowest BCUT2D eigenvalue weighted by Crippen LogP contribution is -2.63. The van der Waals surface area contributed by atoms with E-state index >= 15 is 0 Å². The van der Waals surface area contributed by atoms with Crippen molar-refractivity contribution in [2.24, 2.45) is 4.99 Å². The third-order valence-corrected chi connectivity index (χ3v) is 5.90. The Balaban J connectivity index is 1.31.